The van der Waals surface area contributed by atoms with Crippen LogP contribution in [0.5, 0.6) is 0 Å². The van der Waals surface area contributed by atoms with Gasteiger partial charge < -0.3 is 10.1 Å². The van der Waals surface area contributed by atoms with Gasteiger partial charge in [-0.05, 0) is 17.2 Å². The molecule has 0 bridgehead atoms. The molecule has 0 aliphatic carbocycles. The third kappa shape index (κ3) is 3.89. The van der Waals surface area contributed by atoms with E-state index >= 15 is 0 Å². The smallest absolute Gasteiger partial charge is 0.220 e. The molecular weight excluding hydrogens is 314 g/mol. The highest BCUT2D eigenvalue weighted by atomic mass is 16.5. The average Bonchev–Trinajstić information content (AvgIpc) is 3.10. The second-order valence-electron chi connectivity index (χ2n) is 6.77. The topological polar surface area (TPSA) is 54.5 Å². The Morgan fingerprint density at radius 2 is 1.92 bits per heavy atom. The standard InChI is InChI=1S/C20H23N3O2/c24-20-11-18(13-22-20)16-2-4-17(5-3-16)19-6-1-15(12-21-19)14-23-7-9-25-10-8-23/h1-6,12,18H,7-11,13-14H2,(H,22,24). The molecule has 5 heteroatoms. The van der Waals surface area contributed by atoms with Crippen LogP contribution in [0.3, 0.4) is 0 Å². The van der Waals surface area contributed by atoms with Crippen molar-refractivity contribution in [3.63, 3.8) is 0 Å². The summed E-state index contributed by atoms with van der Waals surface area (Å²) in [5.41, 5.74) is 4.54. The van der Waals surface area contributed by atoms with Crippen LogP contribution >= 0.6 is 0 Å². The predicted octanol–water partition coefficient (Wildman–Crippen LogP) is 2.18. The monoisotopic (exact) mass is 337 g/mol. The lowest BCUT2D eigenvalue weighted by Gasteiger charge is -2.26. The van der Waals surface area contributed by atoms with Crippen molar-refractivity contribution < 1.29 is 9.53 Å². The van der Waals surface area contributed by atoms with Crippen LogP contribution in [0.25, 0.3) is 11.3 Å². The van der Waals surface area contributed by atoms with Gasteiger partial charge in [0, 0.05) is 50.3 Å². The number of benzene rings is 1. The Morgan fingerprint density at radius 1 is 1.12 bits per heavy atom. The number of amides is 1. The van der Waals surface area contributed by atoms with E-state index in [1.54, 1.807) is 0 Å². The average molecular weight is 337 g/mol. The molecule has 2 saturated heterocycles. The molecule has 25 heavy (non-hydrogen) atoms. The van der Waals surface area contributed by atoms with Gasteiger partial charge in [0.2, 0.25) is 5.91 Å². The first-order valence-electron chi connectivity index (χ1n) is 8.90. The van der Waals surface area contributed by atoms with Crippen molar-refractivity contribution in [2.24, 2.45) is 0 Å². The summed E-state index contributed by atoms with van der Waals surface area (Å²) in [7, 11) is 0. The molecule has 1 unspecified atom stereocenters. The molecule has 2 fully saturated rings. The Bertz CT molecular complexity index is 722. The van der Waals surface area contributed by atoms with Gasteiger partial charge in [-0.1, -0.05) is 30.3 Å². The zero-order valence-electron chi connectivity index (χ0n) is 14.3. The SMILES string of the molecule is O=C1CC(c2ccc(-c3ccc(CN4CCOCC4)cn3)cc2)CN1. The first kappa shape index (κ1) is 16.2. The molecule has 1 N–H and O–H groups in total. The van der Waals surface area contributed by atoms with Crippen molar-refractivity contribution in [3.05, 3.63) is 53.7 Å². The van der Waals surface area contributed by atoms with Crippen molar-refractivity contribution in [2.75, 3.05) is 32.8 Å². The van der Waals surface area contributed by atoms with Gasteiger partial charge in [0.1, 0.15) is 0 Å². The Labute approximate surface area is 148 Å². The lowest BCUT2D eigenvalue weighted by molar-refractivity contribution is -0.119. The lowest BCUT2D eigenvalue weighted by Crippen LogP contribution is -2.35. The van der Waals surface area contributed by atoms with Crippen LogP contribution in [-0.2, 0) is 16.1 Å². The molecule has 2 aliphatic heterocycles. The number of rotatable bonds is 4. The molecular formula is C20H23N3O2. The maximum Gasteiger partial charge on any atom is 0.220 e. The molecule has 3 heterocycles. The molecule has 0 spiro atoms. The van der Waals surface area contributed by atoms with Crippen molar-refractivity contribution in [3.8, 4) is 11.3 Å². The fourth-order valence-corrected chi connectivity index (χ4v) is 3.47. The number of hydrogen-bond donors (Lipinski definition) is 1. The molecule has 130 valence electrons. The van der Waals surface area contributed by atoms with Crippen LogP contribution in [0.4, 0.5) is 0 Å². The quantitative estimate of drug-likeness (QED) is 0.929. The zero-order chi connectivity index (χ0) is 17.1. The maximum atomic E-state index is 11.4. The van der Waals surface area contributed by atoms with Crippen LogP contribution in [0, 0.1) is 0 Å². The summed E-state index contributed by atoms with van der Waals surface area (Å²) in [6, 6.07) is 12.7. The minimum absolute atomic E-state index is 0.145. The molecule has 1 aromatic carbocycles. The Morgan fingerprint density at radius 3 is 2.56 bits per heavy atom. The number of hydrogen-bond acceptors (Lipinski definition) is 4. The number of ether oxygens (including phenoxy) is 1. The second kappa shape index (κ2) is 7.33. The largest absolute Gasteiger partial charge is 0.379 e. The number of carbonyl (C=O) groups is 1. The Hall–Kier alpha value is -2.24. The molecule has 1 aromatic heterocycles. The number of carbonyl (C=O) groups excluding carboxylic acids is 1. The summed E-state index contributed by atoms with van der Waals surface area (Å²) < 4.78 is 5.39. The second-order valence-corrected chi connectivity index (χ2v) is 6.77. The van der Waals surface area contributed by atoms with Gasteiger partial charge in [0.15, 0.2) is 0 Å². The zero-order valence-corrected chi connectivity index (χ0v) is 14.3. The summed E-state index contributed by atoms with van der Waals surface area (Å²) >= 11 is 0. The first-order chi connectivity index (χ1) is 12.3. The van der Waals surface area contributed by atoms with Crippen molar-refractivity contribution in [1.29, 1.82) is 0 Å². The fraction of sp³-hybridized carbons (Fsp3) is 0.400. The third-order valence-electron chi connectivity index (χ3n) is 4.99. The molecule has 2 aromatic rings. The van der Waals surface area contributed by atoms with E-state index in [1.165, 1.54) is 11.1 Å². The van der Waals surface area contributed by atoms with Crippen LogP contribution < -0.4 is 5.32 Å². The van der Waals surface area contributed by atoms with Gasteiger partial charge in [0.05, 0.1) is 18.9 Å². The van der Waals surface area contributed by atoms with Crippen LogP contribution in [0.15, 0.2) is 42.6 Å². The van der Waals surface area contributed by atoms with Gasteiger partial charge in [-0.25, -0.2) is 0 Å². The van der Waals surface area contributed by atoms with Crippen molar-refractivity contribution in [2.45, 2.75) is 18.9 Å². The van der Waals surface area contributed by atoms with E-state index in [0.717, 1.165) is 50.7 Å². The Balaban J connectivity index is 1.42. The number of nitrogens with one attached hydrogen (secondary N) is 1. The molecule has 2 aliphatic rings. The molecule has 0 saturated carbocycles. The highest BCUT2D eigenvalue weighted by Crippen LogP contribution is 2.26. The van der Waals surface area contributed by atoms with Crippen molar-refractivity contribution >= 4 is 5.91 Å². The molecule has 4 rings (SSSR count). The van der Waals surface area contributed by atoms with Gasteiger partial charge in [-0.15, -0.1) is 0 Å². The molecule has 0 radical (unpaired) electrons. The summed E-state index contributed by atoms with van der Waals surface area (Å²) in [5, 5.41) is 2.89. The van der Waals surface area contributed by atoms with E-state index in [-0.39, 0.29) is 5.91 Å². The molecule has 1 atom stereocenters. The minimum Gasteiger partial charge on any atom is -0.379 e. The number of pyridine rings is 1. The normalized spacial score (nSPS) is 21.3. The Kier molecular flexibility index (Phi) is 4.76. The number of aromatic nitrogens is 1. The van der Waals surface area contributed by atoms with E-state index in [2.05, 4.69) is 51.6 Å². The predicted molar refractivity (Wildman–Crippen MR) is 96.1 cm³/mol. The molecule has 5 nitrogen and oxygen atoms in total. The van der Waals surface area contributed by atoms with Crippen LogP contribution in [0.1, 0.15) is 23.5 Å². The van der Waals surface area contributed by atoms with Gasteiger partial charge >= 0.3 is 0 Å². The van der Waals surface area contributed by atoms with E-state index in [0.29, 0.717) is 12.3 Å². The van der Waals surface area contributed by atoms with Gasteiger partial charge in [0.25, 0.3) is 0 Å². The summed E-state index contributed by atoms with van der Waals surface area (Å²) in [6.45, 7) is 5.29. The highest BCUT2D eigenvalue weighted by Gasteiger charge is 2.22. The van der Waals surface area contributed by atoms with Crippen molar-refractivity contribution in [1.82, 2.24) is 15.2 Å². The van der Waals surface area contributed by atoms with Gasteiger partial charge in [-0.2, -0.15) is 0 Å². The number of nitrogens with zero attached hydrogens (tertiary/aromatic N) is 2. The van der Waals surface area contributed by atoms with Gasteiger partial charge in [-0.3, -0.25) is 14.7 Å². The van der Waals surface area contributed by atoms with E-state index in [1.807, 2.05) is 6.20 Å². The van der Waals surface area contributed by atoms with Crippen LogP contribution in [0.2, 0.25) is 0 Å². The maximum absolute atomic E-state index is 11.4. The highest BCUT2D eigenvalue weighted by molar-refractivity contribution is 5.79. The minimum atomic E-state index is 0.145. The lowest BCUT2D eigenvalue weighted by atomic mass is 9.96. The summed E-state index contributed by atoms with van der Waals surface area (Å²) in [4.78, 5) is 18.4. The van der Waals surface area contributed by atoms with E-state index in [9.17, 15) is 4.79 Å². The summed E-state index contributed by atoms with van der Waals surface area (Å²) in [6.07, 6.45) is 2.56. The summed E-state index contributed by atoms with van der Waals surface area (Å²) in [5.74, 6) is 0.442. The number of morpholine rings is 1. The fourth-order valence-electron chi connectivity index (χ4n) is 3.47. The van der Waals surface area contributed by atoms with E-state index in [4.69, 9.17) is 4.74 Å². The first-order valence-corrected chi connectivity index (χ1v) is 8.90. The van der Waals surface area contributed by atoms with E-state index < -0.39 is 0 Å². The molecule has 1 amide bonds. The van der Waals surface area contributed by atoms with Crippen LogP contribution in [-0.4, -0.2) is 48.6 Å². The third-order valence-corrected chi connectivity index (χ3v) is 4.99.